The summed E-state index contributed by atoms with van der Waals surface area (Å²) < 4.78 is 47.2. The second-order valence-corrected chi connectivity index (χ2v) is 7.24. The minimum absolute atomic E-state index is 0.0870. The molecule has 0 aromatic heterocycles. The predicted octanol–water partition coefficient (Wildman–Crippen LogP) is 4.53. The van der Waals surface area contributed by atoms with E-state index in [-0.39, 0.29) is 17.6 Å². The third kappa shape index (κ3) is 3.94. The molecule has 1 heterocycles. The van der Waals surface area contributed by atoms with Gasteiger partial charge in [-0.25, -0.2) is 13.2 Å². The summed E-state index contributed by atoms with van der Waals surface area (Å²) in [5.74, 6) is -2.28. The van der Waals surface area contributed by atoms with Gasteiger partial charge >= 0.3 is 0 Å². The smallest absolute Gasteiger partial charge is 0.165 e. The highest BCUT2D eigenvalue weighted by molar-refractivity contribution is 5.25. The average Bonchev–Trinajstić information content (AvgIpc) is 2.59. The average molecular weight is 341 g/mol. The van der Waals surface area contributed by atoms with E-state index in [1.54, 1.807) is 0 Å². The van der Waals surface area contributed by atoms with Crippen LogP contribution in [0, 0.1) is 23.4 Å². The molecule has 1 saturated heterocycles. The highest BCUT2D eigenvalue weighted by Gasteiger charge is 2.29. The van der Waals surface area contributed by atoms with Crippen LogP contribution in [0.25, 0.3) is 0 Å². The Balaban J connectivity index is 1.52. The van der Waals surface area contributed by atoms with Crippen LogP contribution in [0.2, 0.25) is 0 Å². The SMILES string of the molecule is C[C@H]1CCCN[C@H]1CO[C@H]1CC[C@@H](c2c(F)ccc(F)c2F)CC1. The summed E-state index contributed by atoms with van der Waals surface area (Å²) in [5.41, 5.74) is -0.0870. The van der Waals surface area contributed by atoms with E-state index < -0.39 is 17.5 Å². The lowest BCUT2D eigenvalue weighted by molar-refractivity contribution is 0.000813. The summed E-state index contributed by atoms with van der Waals surface area (Å²) in [7, 11) is 0. The van der Waals surface area contributed by atoms with Crippen LogP contribution < -0.4 is 5.32 Å². The summed E-state index contributed by atoms with van der Waals surface area (Å²) in [6, 6.07) is 2.27. The molecule has 1 saturated carbocycles. The topological polar surface area (TPSA) is 21.3 Å². The summed E-state index contributed by atoms with van der Waals surface area (Å²) in [6.45, 7) is 3.98. The van der Waals surface area contributed by atoms with Crippen LogP contribution >= 0.6 is 0 Å². The first-order chi connectivity index (χ1) is 11.6. The van der Waals surface area contributed by atoms with E-state index in [0.29, 0.717) is 31.4 Å². The van der Waals surface area contributed by atoms with Crippen molar-refractivity contribution in [1.29, 1.82) is 0 Å². The van der Waals surface area contributed by atoms with Gasteiger partial charge in [-0.1, -0.05) is 6.92 Å². The van der Waals surface area contributed by atoms with Crippen LogP contribution in [0.3, 0.4) is 0 Å². The van der Waals surface area contributed by atoms with Gasteiger partial charge in [0.05, 0.1) is 12.7 Å². The molecular weight excluding hydrogens is 315 g/mol. The monoisotopic (exact) mass is 341 g/mol. The summed E-state index contributed by atoms with van der Waals surface area (Å²) >= 11 is 0. The molecule has 1 aromatic rings. The molecule has 0 unspecified atom stereocenters. The lowest BCUT2D eigenvalue weighted by atomic mass is 9.82. The Morgan fingerprint density at radius 3 is 2.46 bits per heavy atom. The number of nitrogens with one attached hydrogen (secondary N) is 1. The minimum atomic E-state index is -1.03. The molecule has 1 N–H and O–H groups in total. The van der Waals surface area contributed by atoms with E-state index in [0.717, 1.165) is 31.5 Å². The zero-order valence-electron chi connectivity index (χ0n) is 14.2. The molecule has 24 heavy (non-hydrogen) atoms. The molecule has 134 valence electrons. The Morgan fingerprint density at radius 1 is 1.04 bits per heavy atom. The van der Waals surface area contributed by atoms with Crippen LogP contribution in [0.5, 0.6) is 0 Å². The molecule has 2 atom stereocenters. The number of halogens is 3. The zero-order valence-corrected chi connectivity index (χ0v) is 14.2. The molecule has 3 rings (SSSR count). The van der Waals surface area contributed by atoms with Crippen molar-refractivity contribution in [2.45, 2.75) is 63.5 Å². The Kier molecular flexibility index (Phi) is 5.82. The molecule has 2 nitrogen and oxygen atoms in total. The van der Waals surface area contributed by atoms with E-state index in [2.05, 4.69) is 12.2 Å². The van der Waals surface area contributed by atoms with Crippen LogP contribution in [0.15, 0.2) is 12.1 Å². The van der Waals surface area contributed by atoms with Crippen molar-refractivity contribution in [2.24, 2.45) is 5.92 Å². The third-order valence-corrected chi connectivity index (χ3v) is 5.60. The molecule has 2 aliphatic rings. The lowest BCUT2D eigenvalue weighted by Crippen LogP contribution is -2.44. The fraction of sp³-hybridized carbons (Fsp3) is 0.684. The molecule has 5 heteroatoms. The van der Waals surface area contributed by atoms with Gasteiger partial charge in [0.15, 0.2) is 11.6 Å². The number of benzene rings is 1. The largest absolute Gasteiger partial charge is 0.377 e. The molecule has 0 spiro atoms. The molecule has 1 aromatic carbocycles. The predicted molar refractivity (Wildman–Crippen MR) is 87.5 cm³/mol. The van der Waals surface area contributed by atoms with Gasteiger partial charge in [-0.3, -0.25) is 0 Å². The minimum Gasteiger partial charge on any atom is -0.377 e. The maximum Gasteiger partial charge on any atom is 0.165 e. The van der Waals surface area contributed by atoms with Crippen molar-refractivity contribution in [1.82, 2.24) is 5.32 Å². The number of hydrogen-bond donors (Lipinski definition) is 1. The second kappa shape index (κ2) is 7.87. The van der Waals surface area contributed by atoms with Crippen molar-refractivity contribution >= 4 is 0 Å². The highest BCUT2D eigenvalue weighted by atomic mass is 19.2. The fourth-order valence-corrected chi connectivity index (χ4v) is 4.01. The molecule has 0 bridgehead atoms. The van der Waals surface area contributed by atoms with Crippen LogP contribution in [0.4, 0.5) is 13.2 Å². The van der Waals surface area contributed by atoms with Gasteiger partial charge in [0.1, 0.15) is 5.82 Å². The Hall–Kier alpha value is -1.07. The Morgan fingerprint density at radius 2 is 1.75 bits per heavy atom. The first-order valence-electron chi connectivity index (χ1n) is 9.04. The molecule has 1 aliphatic carbocycles. The van der Waals surface area contributed by atoms with Crippen molar-refractivity contribution < 1.29 is 17.9 Å². The van der Waals surface area contributed by atoms with E-state index in [9.17, 15) is 13.2 Å². The first kappa shape index (κ1) is 17.7. The van der Waals surface area contributed by atoms with Crippen LogP contribution in [0.1, 0.15) is 56.9 Å². The number of hydrogen-bond acceptors (Lipinski definition) is 2. The summed E-state index contributed by atoms with van der Waals surface area (Å²) in [6.07, 6.45) is 5.38. The van der Waals surface area contributed by atoms with Gasteiger partial charge in [0.25, 0.3) is 0 Å². The number of rotatable bonds is 4. The van der Waals surface area contributed by atoms with E-state index in [1.807, 2.05) is 0 Å². The number of piperidine rings is 1. The summed E-state index contributed by atoms with van der Waals surface area (Å²) in [5, 5.41) is 3.50. The molecule has 2 fully saturated rings. The zero-order chi connectivity index (χ0) is 17.1. The second-order valence-electron chi connectivity index (χ2n) is 7.24. The molecular formula is C19H26F3NO. The normalized spacial score (nSPS) is 31.2. The van der Waals surface area contributed by atoms with E-state index in [1.165, 1.54) is 12.8 Å². The van der Waals surface area contributed by atoms with Gasteiger partial charge in [0.2, 0.25) is 0 Å². The molecule has 0 amide bonds. The lowest BCUT2D eigenvalue weighted by Gasteiger charge is -2.33. The van der Waals surface area contributed by atoms with Crippen molar-refractivity contribution in [3.63, 3.8) is 0 Å². The van der Waals surface area contributed by atoms with Gasteiger partial charge in [-0.05, 0) is 69.0 Å². The summed E-state index contributed by atoms with van der Waals surface area (Å²) in [4.78, 5) is 0. The quantitative estimate of drug-likeness (QED) is 0.812. The van der Waals surface area contributed by atoms with Crippen molar-refractivity contribution in [3.8, 4) is 0 Å². The Bertz CT molecular complexity index is 558. The van der Waals surface area contributed by atoms with Crippen LogP contribution in [-0.4, -0.2) is 25.3 Å². The maximum atomic E-state index is 13.9. The Labute approximate surface area is 141 Å². The van der Waals surface area contributed by atoms with Gasteiger partial charge in [-0.2, -0.15) is 0 Å². The van der Waals surface area contributed by atoms with Crippen molar-refractivity contribution in [3.05, 3.63) is 35.1 Å². The third-order valence-electron chi connectivity index (χ3n) is 5.60. The van der Waals surface area contributed by atoms with Gasteiger partial charge < -0.3 is 10.1 Å². The molecule has 1 aliphatic heterocycles. The van der Waals surface area contributed by atoms with Crippen molar-refractivity contribution in [2.75, 3.05) is 13.2 Å². The fourth-order valence-electron chi connectivity index (χ4n) is 4.01. The maximum absolute atomic E-state index is 13.9. The van der Waals surface area contributed by atoms with Crippen LogP contribution in [-0.2, 0) is 4.74 Å². The molecule has 0 radical (unpaired) electrons. The van der Waals surface area contributed by atoms with E-state index in [4.69, 9.17) is 4.74 Å². The first-order valence-corrected chi connectivity index (χ1v) is 9.04. The van der Waals surface area contributed by atoms with E-state index >= 15 is 0 Å². The van der Waals surface area contributed by atoms with Gasteiger partial charge in [0, 0.05) is 11.6 Å². The standard InChI is InChI=1S/C19H26F3NO/c1-12-3-2-10-23-17(12)11-24-14-6-4-13(5-7-14)18-15(20)8-9-16(21)19(18)22/h8-9,12-14,17,23H,2-7,10-11H2,1H3/t12-,13-,14+,17-/m0/s1. The number of ether oxygens (including phenoxy) is 1. The highest BCUT2D eigenvalue weighted by Crippen LogP contribution is 2.37. The van der Waals surface area contributed by atoms with Gasteiger partial charge in [-0.15, -0.1) is 0 Å².